The van der Waals surface area contributed by atoms with E-state index in [2.05, 4.69) is 0 Å². The van der Waals surface area contributed by atoms with Gasteiger partial charge in [-0.25, -0.2) is 0 Å². The van der Waals surface area contributed by atoms with Gasteiger partial charge in [-0.15, -0.1) is 0 Å². The number of esters is 1. The molecule has 0 saturated carbocycles. The van der Waals surface area contributed by atoms with Crippen molar-refractivity contribution in [1.82, 2.24) is 0 Å². The van der Waals surface area contributed by atoms with Crippen molar-refractivity contribution in [3.8, 4) is 6.07 Å². The van der Waals surface area contributed by atoms with Crippen LogP contribution in [-0.2, 0) is 23.1 Å². The molecule has 120 valence electrons. The monoisotopic (exact) mass is 325 g/mol. The molecule has 6 nitrogen and oxygen atoms in total. The van der Waals surface area contributed by atoms with Gasteiger partial charge < -0.3 is 13.8 Å². The maximum Gasteiger partial charge on any atom is 0.337 e. The first-order chi connectivity index (χ1) is 10.5. The van der Waals surface area contributed by atoms with Gasteiger partial charge in [-0.05, 0) is 18.9 Å². The molecule has 0 radical (unpaired) electrons. The van der Waals surface area contributed by atoms with Crippen LogP contribution in [0.25, 0.3) is 0 Å². The second-order valence-electron chi connectivity index (χ2n) is 4.50. The van der Waals surface area contributed by atoms with Crippen molar-refractivity contribution >= 4 is 13.6 Å². The first-order valence-corrected chi connectivity index (χ1v) is 8.46. The molecule has 1 rings (SSSR count). The van der Waals surface area contributed by atoms with Crippen molar-refractivity contribution in [2.75, 3.05) is 20.8 Å². The number of rotatable bonds is 8. The summed E-state index contributed by atoms with van der Waals surface area (Å²) in [6.07, 6.45) is -0.00168. The molecule has 22 heavy (non-hydrogen) atoms. The summed E-state index contributed by atoms with van der Waals surface area (Å²) in [4.78, 5) is 11.8. The number of ether oxygens (including phenoxy) is 1. The average Bonchev–Trinajstić information content (AvgIpc) is 2.56. The molecular weight excluding hydrogens is 305 g/mol. The van der Waals surface area contributed by atoms with Gasteiger partial charge in [0.15, 0.2) is 0 Å². The Labute approximate surface area is 130 Å². The Morgan fingerprint density at radius 1 is 1.27 bits per heavy atom. The molecule has 7 heteroatoms. The molecule has 2 atom stereocenters. The van der Waals surface area contributed by atoms with E-state index in [1.165, 1.54) is 14.2 Å². The number of carbonyl (C=O) groups is 1. The Hall–Kier alpha value is -1.67. The van der Waals surface area contributed by atoms with Crippen LogP contribution in [0.5, 0.6) is 0 Å². The van der Waals surface area contributed by atoms with Gasteiger partial charge in [-0.2, -0.15) is 5.26 Å². The zero-order valence-corrected chi connectivity index (χ0v) is 13.8. The Bertz CT molecular complexity index is 561. The minimum absolute atomic E-state index is 0.00168. The molecule has 0 N–H and O–H groups in total. The summed E-state index contributed by atoms with van der Waals surface area (Å²) in [5.74, 6) is -1.67. The van der Waals surface area contributed by atoms with Gasteiger partial charge in [-0.3, -0.25) is 9.36 Å². The molecule has 0 bridgehead atoms. The Kier molecular flexibility index (Phi) is 7.26. The standard InChI is InChI=1S/C15H20NO5P/c1-4-21-15(17)13(11-16)10-14(22(18,19-2)20-3)12-8-6-5-7-9-12/h5-9,13-14H,4,10H2,1-3H3. The predicted molar refractivity (Wildman–Crippen MR) is 81.2 cm³/mol. The van der Waals surface area contributed by atoms with Crippen molar-refractivity contribution in [2.24, 2.45) is 5.92 Å². The van der Waals surface area contributed by atoms with E-state index in [0.29, 0.717) is 5.56 Å². The lowest BCUT2D eigenvalue weighted by atomic mass is 10.00. The van der Waals surface area contributed by atoms with Crippen LogP contribution in [0.15, 0.2) is 30.3 Å². The SMILES string of the molecule is CCOC(=O)C(C#N)CC(c1ccccc1)P(=O)(OC)OC. The van der Waals surface area contributed by atoms with Crippen molar-refractivity contribution in [3.63, 3.8) is 0 Å². The lowest BCUT2D eigenvalue weighted by molar-refractivity contribution is -0.146. The highest BCUT2D eigenvalue weighted by Crippen LogP contribution is 2.62. The maximum absolute atomic E-state index is 12.8. The third-order valence-corrected chi connectivity index (χ3v) is 5.55. The predicted octanol–water partition coefficient (Wildman–Crippen LogP) is 3.31. The molecule has 0 amide bonds. The number of nitrogens with zero attached hydrogens (tertiary/aromatic N) is 1. The first kappa shape index (κ1) is 18.4. The second-order valence-corrected chi connectivity index (χ2v) is 6.93. The second kappa shape index (κ2) is 8.70. The van der Waals surface area contributed by atoms with Crippen LogP contribution < -0.4 is 0 Å². The third kappa shape index (κ3) is 4.41. The highest BCUT2D eigenvalue weighted by molar-refractivity contribution is 7.54. The van der Waals surface area contributed by atoms with Gasteiger partial charge in [0.1, 0.15) is 5.92 Å². The first-order valence-electron chi connectivity index (χ1n) is 6.84. The van der Waals surface area contributed by atoms with Crippen LogP contribution >= 0.6 is 7.60 Å². The van der Waals surface area contributed by atoms with Crippen LogP contribution in [0.1, 0.15) is 24.6 Å². The Morgan fingerprint density at radius 3 is 2.32 bits per heavy atom. The topological polar surface area (TPSA) is 85.6 Å². The van der Waals surface area contributed by atoms with E-state index >= 15 is 0 Å². The van der Waals surface area contributed by atoms with Gasteiger partial charge in [0.2, 0.25) is 0 Å². The molecule has 0 aliphatic rings. The van der Waals surface area contributed by atoms with E-state index in [9.17, 15) is 14.6 Å². The normalized spacial score (nSPS) is 13.9. The molecule has 0 aliphatic heterocycles. The quantitative estimate of drug-likeness (QED) is 0.538. The number of hydrogen-bond donors (Lipinski definition) is 0. The fourth-order valence-electron chi connectivity index (χ4n) is 2.12. The van der Waals surface area contributed by atoms with Crippen LogP contribution in [-0.4, -0.2) is 26.8 Å². The maximum atomic E-state index is 12.8. The zero-order chi connectivity index (χ0) is 16.6. The Morgan fingerprint density at radius 2 is 1.86 bits per heavy atom. The summed E-state index contributed by atoms with van der Waals surface area (Å²) in [5.41, 5.74) is -0.0446. The van der Waals surface area contributed by atoms with E-state index in [-0.39, 0.29) is 13.0 Å². The third-order valence-electron chi connectivity index (χ3n) is 3.26. The lowest BCUT2D eigenvalue weighted by Crippen LogP contribution is -2.19. The van der Waals surface area contributed by atoms with Crippen molar-refractivity contribution in [1.29, 1.82) is 5.26 Å². The summed E-state index contributed by atoms with van der Waals surface area (Å²) < 4.78 is 27.8. The van der Waals surface area contributed by atoms with E-state index in [1.807, 2.05) is 12.1 Å². The van der Waals surface area contributed by atoms with E-state index in [1.54, 1.807) is 31.2 Å². The number of nitriles is 1. The number of carbonyl (C=O) groups excluding carboxylic acids is 1. The molecule has 0 aromatic heterocycles. The highest BCUT2D eigenvalue weighted by Gasteiger charge is 2.39. The van der Waals surface area contributed by atoms with Crippen LogP contribution in [0.4, 0.5) is 0 Å². The van der Waals surface area contributed by atoms with Crippen molar-refractivity contribution in [3.05, 3.63) is 35.9 Å². The van der Waals surface area contributed by atoms with Crippen LogP contribution in [0.2, 0.25) is 0 Å². The average molecular weight is 325 g/mol. The summed E-state index contributed by atoms with van der Waals surface area (Å²) in [6.45, 7) is 1.84. The van der Waals surface area contributed by atoms with Gasteiger partial charge in [0.25, 0.3) is 0 Å². The fraction of sp³-hybridized carbons (Fsp3) is 0.467. The van der Waals surface area contributed by atoms with E-state index in [0.717, 1.165) is 0 Å². The van der Waals surface area contributed by atoms with E-state index < -0.39 is 25.1 Å². The van der Waals surface area contributed by atoms with Gasteiger partial charge in [0, 0.05) is 14.2 Å². The minimum atomic E-state index is -3.50. The lowest BCUT2D eigenvalue weighted by Gasteiger charge is -2.25. The molecule has 0 heterocycles. The minimum Gasteiger partial charge on any atom is -0.465 e. The zero-order valence-electron chi connectivity index (χ0n) is 12.9. The summed E-state index contributed by atoms with van der Waals surface area (Å²) in [7, 11) is -0.930. The van der Waals surface area contributed by atoms with Gasteiger partial charge >= 0.3 is 13.6 Å². The van der Waals surface area contributed by atoms with Gasteiger partial charge in [0.05, 0.1) is 18.3 Å². The highest BCUT2D eigenvalue weighted by atomic mass is 31.2. The molecular formula is C15H20NO5P. The van der Waals surface area contributed by atoms with Crippen molar-refractivity contribution < 1.29 is 23.1 Å². The van der Waals surface area contributed by atoms with Gasteiger partial charge in [-0.1, -0.05) is 30.3 Å². The summed E-state index contributed by atoms with van der Waals surface area (Å²) >= 11 is 0. The molecule has 0 spiro atoms. The van der Waals surface area contributed by atoms with Crippen LogP contribution in [0, 0.1) is 17.2 Å². The molecule has 0 aliphatic carbocycles. The summed E-state index contributed by atoms with van der Waals surface area (Å²) in [6, 6.07) is 10.8. The molecule has 2 unspecified atom stereocenters. The molecule has 1 aromatic carbocycles. The molecule has 1 aromatic rings. The molecule has 0 fully saturated rings. The van der Waals surface area contributed by atoms with Crippen molar-refractivity contribution in [2.45, 2.75) is 19.0 Å². The molecule has 0 saturated heterocycles. The number of hydrogen-bond acceptors (Lipinski definition) is 6. The smallest absolute Gasteiger partial charge is 0.337 e. The Balaban J connectivity index is 3.14. The van der Waals surface area contributed by atoms with Crippen LogP contribution in [0.3, 0.4) is 0 Å². The summed E-state index contributed by atoms with van der Waals surface area (Å²) in [5, 5.41) is 9.21. The number of benzene rings is 1. The van der Waals surface area contributed by atoms with E-state index in [4.69, 9.17) is 13.8 Å². The largest absolute Gasteiger partial charge is 0.465 e. The fourth-order valence-corrected chi connectivity index (χ4v) is 3.78.